The summed E-state index contributed by atoms with van der Waals surface area (Å²) in [6.45, 7) is 2.73. The van der Waals surface area contributed by atoms with Crippen LogP contribution in [0.25, 0.3) is 0 Å². The molecule has 2 aliphatic rings. The fourth-order valence-electron chi connectivity index (χ4n) is 3.71. The summed E-state index contributed by atoms with van der Waals surface area (Å²) in [5, 5.41) is 0. The number of carbonyl (C=O) groups is 4. The van der Waals surface area contributed by atoms with Crippen molar-refractivity contribution in [2.45, 2.75) is 45.1 Å². The van der Waals surface area contributed by atoms with Crippen LogP contribution in [-0.4, -0.2) is 59.2 Å². The molecule has 28 heavy (non-hydrogen) atoms. The van der Waals surface area contributed by atoms with E-state index in [9.17, 15) is 19.2 Å². The summed E-state index contributed by atoms with van der Waals surface area (Å²) in [5.74, 6) is -1.17. The lowest BCUT2D eigenvalue weighted by Gasteiger charge is -2.34. The summed E-state index contributed by atoms with van der Waals surface area (Å²) in [6.07, 6.45) is 2.88. The minimum Gasteiger partial charge on any atom is -0.464 e. The van der Waals surface area contributed by atoms with Crippen LogP contribution < -0.4 is 0 Å². The maximum atomic E-state index is 12.6. The van der Waals surface area contributed by atoms with Gasteiger partial charge >= 0.3 is 5.97 Å². The number of hydrogen-bond acceptors (Lipinski definition) is 5. The van der Waals surface area contributed by atoms with Crippen LogP contribution in [0.15, 0.2) is 22.7 Å². The third kappa shape index (κ3) is 4.11. The van der Waals surface area contributed by atoms with E-state index < -0.39 is 6.04 Å². The normalized spacial score (nSPS) is 19.0. The summed E-state index contributed by atoms with van der Waals surface area (Å²) < 4.78 is 5.82. The average Bonchev–Trinajstić information content (AvgIpc) is 2.92. The number of benzene rings is 1. The topological polar surface area (TPSA) is 84.0 Å². The van der Waals surface area contributed by atoms with E-state index in [1.54, 1.807) is 30.0 Å². The zero-order valence-corrected chi connectivity index (χ0v) is 17.4. The van der Waals surface area contributed by atoms with Crippen LogP contribution in [0.2, 0.25) is 0 Å². The molecule has 0 bridgehead atoms. The Morgan fingerprint density at radius 1 is 1.18 bits per heavy atom. The van der Waals surface area contributed by atoms with Gasteiger partial charge in [0.25, 0.3) is 11.8 Å². The number of esters is 1. The largest absolute Gasteiger partial charge is 0.464 e. The summed E-state index contributed by atoms with van der Waals surface area (Å²) in [6, 6.07) is 4.46. The fourth-order valence-corrected chi connectivity index (χ4v) is 4.07. The first kappa shape index (κ1) is 20.5. The Morgan fingerprint density at radius 2 is 1.93 bits per heavy atom. The number of amides is 3. The van der Waals surface area contributed by atoms with Crippen molar-refractivity contribution in [3.8, 4) is 0 Å². The summed E-state index contributed by atoms with van der Waals surface area (Å²) >= 11 is 3.31. The third-order valence-corrected chi connectivity index (χ3v) is 5.58. The molecule has 1 atom stereocenters. The molecule has 0 N–H and O–H groups in total. The molecule has 1 saturated heterocycles. The predicted molar refractivity (Wildman–Crippen MR) is 105 cm³/mol. The summed E-state index contributed by atoms with van der Waals surface area (Å²) in [5.41, 5.74) is 0.766. The van der Waals surface area contributed by atoms with E-state index in [0.29, 0.717) is 30.5 Å². The van der Waals surface area contributed by atoms with E-state index in [2.05, 4.69) is 15.9 Å². The van der Waals surface area contributed by atoms with Gasteiger partial charge in [-0.05, 0) is 50.8 Å². The Labute approximate surface area is 172 Å². The van der Waals surface area contributed by atoms with Gasteiger partial charge in [0, 0.05) is 24.0 Å². The van der Waals surface area contributed by atoms with Crippen molar-refractivity contribution in [3.63, 3.8) is 0 Å². The number of ether oxygens (including phenoxy) is 1. The van der Waals surface area contributed by atoms with E-state index in [-0.39, 0.29) is 43.3 Å². The highest BCUT2D eigenvalue weighted by Crippen LogP contribution is 2.26. The Morgan fingerprint density at radius 3 is 2.68 bits per heavy atom. The van der Waals surface area contributed by atoms with Gasteiger partial charge in [-0.25, -0.2) is 4.79 Å². The SMILES string of the molecule is CCOC(=O)C1CCCCN1C(=O)CCCN1C(=O)c2ccc(Br)cc2C1=O. The molecular weight excluding hydrogens is 428 g/mol. The molecule has 1 unspecified atom stereocenters. The van der Waals surface area contributed by atoms with E-state index in [0.717, 1.165) is 17.3 Å². The zero-order chi connectivity index (χ0) is 20.3. The minimum atomic E-state index is -0.530. The number of fused-ring (bicyclic) bond motifs is 1. The number of likely N-dealkylation sites (tertiary alicyclic amines) is 1. The van der Waals surface area contributed by atoms with Crippen molar-refractivity contribution < 1.29 is 23.9 Å². The van der Waals surface area contributed by atoms with Crippen LogP contribution in [-0.2, 0) is 14.3 Å². The van der Waals surface area contributed by atoms with Crippen LogP contribution in [0.3, 0.4) is 0 Å². The smallest absolute Gasteiger partial charge is 0.328 e. The molecule has 2 heterocycles. The maximum absolute atomic E-state index is 12.6. The van der Waals surface area contributed by atoms with Gasteiger partial charge in [0.15, 0.2) is 0 Å². The van der Waals surface area contributed by atoms with Gasteiger partial charge in [0.1, 0.15) is 6.04 Å². The van der Waals surface area contributed by atoms with Crippen molar-refractivity contribution in [2.24, 2.45) is 0 Å². The van der Waals surface area contributed by atoms with Gasteiger partial charge in [-0.3, -0.25) is 19.3 Å². The Hall–Kier alpha value is -2.22. The number of nitrogens with zero attached hydrogens (tertiary/aromatic N) is 2. The van der Waals surface area contributed by atoms with Gasteiger partial charge < -0.3 is 9.64 Å². The van der Waals surface area contributed by atoms with E-state index in [1.807, 2.05) is 0 Å². The van der Waals surface area contributed by atoms with Crippen molar-refractivity contribution in [1.82, 2.24) is 9.80 Å². The van der Waals surface area contributed by atoms with Crippen molar-refractivity contribution >= 4 is 39.6 Å². The molecule has 0 radical (unpaired) electrons. The van der Waals surface area contributed by atoms with E-state index in [4.69, 9.17) is 4.74 Å². The van der Waals surface area contributed by atoms with E-state index >= 15 is 0 Å². The zero-order valence-electron chi connectivity index (χ0n) is 15.8. The second-order valence-electron chi connectivity index (χ2n) is 6.91. The number of carbonyl (C=O) groups excluding carboxylic acids is 4. The first-order valence-corrected chi connectivity index (χ1v) is 10.3. The van der Waals surface area contributed by atoms with Gasteiger partial charge in [-0.2, -0.15) is 0 Å². The molecule has 1 aromatic rings. The molecule has 8 heteroatoms. The Balaban J connectivity index is 1.57. The highest BCUT2D eigenvalue weighted by atomic mass is 79.9. The lowest BCUT2D eigenvalue weighted by molar-refractivity contribution is -0.156. The Bertz CT molecular complexity index is 810. The van der Waals surface area contributed by atoms with Crippen LogP contribution >= 0.6 is 15.9 Å². The first-order valence-electron chi connectivity index (χ1n) is 9.56. The van der Waals surface area contributed by atoms with Gasteiger partial charge in [0.2, 0.25) is 5.91 Å². The van der Waals surface area contributed by atoms with Gasteiger partial charge in [-0.15, -0.1) is 0 Å². The second kappa shape index (κ2) is 8.86. The predicted octanol–water partition coefficient (Wildman–Crippen LogP) is 2.77. The first-order chi connectivity index (χ1) is 13.4. The molecule has 0 aliphatic carbocycles. The molecule has 1 fully saturated rings. The number of imide groups is 1. The third-order valence-electron chi connectivity index (χ3n) is 5.09. The highest BCUT2D eigenvalue weighted by Gasteiger charge is 2.36. The molecule has 3 amide bonds. The standard InChI is InChI=1S/C20H23BrN2O5/c1-2-28-20(27)16-6-3-4-10-22(16)17(24)7-5-11-23-18(25)14-9-8-13(21)12-15(14)19(23)26/h8-9,12,16H,2-7,10-11H2,1H3. The minimum absolute atomic E-state index is 0.142. The lowest BCUT2D eigenvalue weighted by atomic mass is 10.0. The quantitative estimate of drug-likeness (QED) is 0.491. The van der Waals surface area contributed by atoms with Crippen molar-refractivity contribution in [1.29, 1.82) is 0 Å². The molecule has 1 aromatic carbocycles. The lowest BCUT2D eigenvalue weighted by Crippen LogP contribution is -2.48. The number of hydrogen-bond donors (Lipinski definition) is 0. The summed E-state index contributed by atoms with van der Waals surface area (Å²) in [4.78, 5) is 52.4. The molecule has 150 valence electrons. The van der Waals surface area contributed by atoms with Gasteiger partial charge in [-0.1, -0.05) is 15.9 Å². The molecule has 0 saturated carbocycles. The molecule has 0 aromatic heterocycles. The highest BCUT2D eigenvalue weighted by molar-refractivity contribution is 9.10. The van der Waals surface area contributed by atoms with Crippen molar-refractivity contribution in [3.05, 3.63) is 33.8 Å². The molecule has 7 nitrogen and oxygen atoms in total. The number of rotatable bonds is 6. The monoisotopic (exact) mass is 450 g/mol. The van der Waals surface area contributed by atoms with Crippen LogP contribution in [0.5, 0.6) is 0 Å². The molecule has 0 spiro atoms. The Kier molecular flexibility index (Phi) is 6.49. The second-order valence-corrected chi connectivity index (χ2v) is 7.82. The van der Waals surface area contributed by atoms with Gasteiger partial charge in [0.05, 0.1) is 17.7 Å². The van der Waals surface area contributed by atoms with Crippen LogP contribution in [0.1, 0.15) is 59.7 Å². The van der Waals surface area contributed by atoms with Crippen LogP contribution in [0, 0.1) is 0 Å². The van der Waals surface area contributed by atoms with Crippen molar-refractivity contribution in [2.75, 3.05) is 19.7 Å². The fraction of sp³-hybridized carbons (Fsp3) is 0.500. The van der Waals surface area contributed by atoms with Crippen LogP contribution in [0.4, 0.5) is 0 Å². The number of halogens is 1. The maximum Gasteiger partial charge on any atom is 0.328 e. The molecular formula is C20H23BrN2O5. The molecule has 2 aliphatic heterocycles. The summed E-state index contributed by atoms with van der Waals surface area (Å²) in [7, 11) is 0. The molecule has 3 rings (SSSR count). The van der Waals surface area contributed by atoms with E-state index in [1.165, 1.54) is 4.90 Å². The number of piperidine rings is 1. The average molecular weight is 451 g/mol.